The maximum Gasteiger partial charge on any atom is 0.328 e. The van der Waals surface area contributed by atoms with E-state index in [2.05, 4.69) is 37.1 Å². The fourth-order valence-corrected chi connectivity index (χ4v) is 1.78. The Morgan fingerprint density at radius 2 is 2.14 bits per heavy atom. The molecule has 0 aromatic carbocycles. The molecule has 0 radical (unpaired) electrons. The Labute approximate surface area is 124 Å². The minimum Gasteiger partial charge on any atom is -0.421 e. The van der Waals surface area contributed by atoms with Gasteiger partial charge in [0.2, 0.25) is 5.28 Å². The number of ether oxygens (including phenoxy) is 1. The summed E-state index contributed by atoms with van der Waals surface area (Å²) >= 11 is 5.86. The van der Waals surface area contributed by atoms with Crippen LogP contribution in [0, 0.1) is 0 Å². The second-order valence-corrected chi connectivity index (χ2v) is 4.41. The van der Waals surface area contributed by atoms with Crippen LogP contribution in [0.4, 0.5) is 0 Å². The van der Waals surface area contributed by atoms with Crippen LogP contribution in [0.25, 0.3) is 5.95 Å². The van der Waals surface area contributed by atoms with Crippen LogP contribution in [-0.4, -0.2) is 39.5 Å². The molecule has 0 fully saturated rings. The largest absolute Gasteiger partial charge is 0.421 e. The van der Waals surface area contributed by atoms with E-state index in [1.165, 1.54) is 17.3 Å². The van der Waals surface area contributed by atoms with Crippen LogP contribution in [0.1, 0.15) is 13.3 Å². The van der Waals surface area contributed by atoms with Crippen molar-refractivity contribution in [1.29, 1.82) is 0 Å². The third-order valence-corrected chi connectivity index (χ3v) is 2.64. The molecule has 0 aliphatic heterocycles. The first-order valence-electron chi connectivity index (χ1n) is 6.21. The predicted molar refractivity (Wildman–Crippen MR) is 72.3 cm³/mol. The molecule has 0 atom stereocenters. The Bertz CT molecular complexity index is 726. The van der Waals surface area contributed by atoms with E-state index in [0.717, 1.165) is 13.0 Å². The lowest BCUT2D eigenvalue weighted by molar-refractivity contribution is 0.436. The van der Waals surface area contributed by atoms with E-state index in [1.54, 1.807) is 17.1 Å². The van der Waals surface area contributed by atoms with E-state index in [9.17, 15) is 0 Å². The van der Waals surface area contributed by atoms with E-state index in [-0.39, 0.29) is 17.2 Å². The van der Waals surface area contributed by atoms with Gasteiger partial charge in [-0.1, -0.05) is 6.92 Å². The van der Waals surface area contributed by atoms with Crippen molar-refractivity contribution in [2.75, 3.05) is 0 Å². The van der Waals surface area contributed by atoms with Gasteiger partial charge in [0.25, 0.3) is 5.95 Å². The maximum atomic E-state index is 5.86. The van der Waals surface area contributed by atoms with E-state index in [4.69, 9.17) is 16.3 Å². The number of nitrogens with zero attached hydrogens (tertiary/aromatic N) is 8. The second kappa shape index (κ2) is 5.83. The van der Waals surface area contributed by atoms with E-state index < -0.39 is 0 Å². The van der Waals surface area contributed by atoms with Crippen LogP contribution in [0.3, 0.4) is 0 Å². The molecule has 3 aromatic rings. The van der Waals surface area contributed by atoms with Gasteiger partial charge in [0, 0.05) is 6.54 Å². The van der Waals surface area contributed by atoms with Crippen LogP contribution in [0.5, 0.6) is 11.8 Å². The lowest BCUT2D eigenvalue weighted by Crippen LogP contribution is -2.05. The molecule has 0 saturated heterocycles. The van der Waals surface area contributed by atoms with Crippen molar-refractivity contribution in [1.82, 2.24) is 39.5 Å². The highest BCUT2D eigenvalue weighted by Crippen LogP contribution is 2.18. The Balaban J connectivity index is 1.84. The zero-order chi connectivity index (χ0) is 14.7. The Kier molecular flexibility index (Phi) is 3.73. The van der Waals surface area contributed by atoms with Crippen LogP contribution >= 0.6 is 11.6 Å². The number of hydrogen-bond acceptors (Lipinski definition) is 7. The number of halogens is 1. The number of rotatable bonds is 5. The highest BCUT2D eigenvalue weighted by Gasteiger charge is 2.10. The zero-order valence-corrected chi connectivity index (χ0v) is 11.8. The molecular weight excluding hydrogens is 296 g/mol. The minimum atomic E-state index is 0.00597. The van der Waals surface area contributed by atoms with Gasteiger partial charge in [0.15, 0.2) is 5.75 Å². The van der Waals surface area contributed by atoms with Crippen molar-refractivity contribution in [2.24, 2.45) is 0 Å². The molecular formula is C11H11ClN8O. The monoisotopic (exact) mass is 306 g/mol. The topological polar surface area (TPSA) is 96.4 Å². The summed E-state index contributed by atoms with van der Waals surface area (Å²) in [6.45, 7) is 2.88. The minimum absolute atomic E-state index is 0.00597. The SMILES string of the molecule is CCCn1cc(Oc2nc(Cl)nc(-n3cncn3)n2)cn1. The Hall–Kier alpha value is -2.55. The summed E-state index contributed by atoms with van der Waals surface area (Å²) in [4.78, 5) is 15.8. The van der Waals surface area contributed by atoms with Crippen LogP contribution in [0.2, 0.25) is 5.28 Å². The third-order valence-electron chi connectivity index (χ3n) is 2.47. The summed E-state index contributed by atoms with van der Waals surface area (Å²) < 4.78 is 8.67. The molecule has 0 bridgehead atoms. The maximum absolute atomic E-state index is 5.86. The molecule has 0 aliphatic carbocycles. The van der Waals surface area contributed by atoms with E-state index >= 15 is 0 Å². The molecule has 21 heavy (non-hydrogen) atoms. The van der Waals surface area contributed by atoms with Crippen molar-refractivity contribution >= 4 is 11.6 Å². The van der Waals surface area contributed by atoms with E-state index in [1.807, 2.05) is 0 Å². The quantitative estimate of drug-likeness (QED) is 0.704. The summed E-state index contributed by atoms with van der Waals surface area (Å²) in [5.41, 5.74) is 0. The molecule has 3 rings (SSSR count). The first-order valence-corrected chi connectivity index (χ1v) is 6.59. The number of hydrogen-bond donors (Lipinski definition) is 0. The molecule has 3 heterocycles. The fourth-order valence-electron chi connectivity index (χ4n) is 1.64. The van der Waals surface area contributed by atoms with Gasteiger partial charge in [-0.3, -0.25) is 4.68 Å². The van der Waals surface area contributed by atoms with Crippen LogP contribution in [0.15, 0.2) is 25.0 Å². The Morgan fingerprint density at radius 3 is 2.90 bits per heavy atom. The average molecular weight is 307 g/mol. The van der Waals surface area contributed by atoms with Gasteiger partial charge in [0.1, 0.15) is 12.7 Å². The van der Waals surface area contributed by atoms with Crippen molar-refractivity contribution in [3.63, 3.8) is 0 Å². The van der Waals surface area contributed by atoms with Crippen molar-refractivity contribution < 1.29 is 4.74 Å². The highest BCUT2D eigenvalue weighted by molar-refractivity contribution is 6.28. The van der Waals surface area contributed by atoms with Gasteiger partial charge in [-0.25, -0.2) is 4.98 Å². The molecule has 0 amide bonds. The van der Waals surface area contributed by atoms with Crippen LogP contribution in [-0.2, 0) is 6.54 Å². The van der Waals surface area contributed by atoms with Gasteiger partial charge >= 0.3 is 6.01 Å². The van der Waals surface area contributed by atoms with Gasteiger partial charge in [-0.15, -0.1) is 0 Å². The van der Waals surface area contributed by atoms with Gasteiger partial charge in [0.05, 0.1) is 12.4 Å². The molecule has 0 unspecified atom stereocenters. The summed E-state index contributed by atoms with van der Waals surface area (Å²) in [5.74, 6) is 0.749. The highest BCUT2D eigenvalue weighted by atomic mass is 35.5. The van der Waals surface area contributed by atoms with Gasteiger partial charge in [-0.05, 0) is 18.0 Å². The molecule has 108 valence electrons. The van der Waals surface area contributed by atoms with Crippen LogP contribution < -0.4 is 4.74 Å². The summed E-state index contributed by atoms with van der Waals surface area (Å²) in [6.07, 6.45) is 7.15. The summed E-state index contributed by atoms with van der Waals surface area (Å²) in [5, 5.41) is 8.09. The van der Waals surface area contributed by atoms with E-state index in [0.29, 0.717) is 5.75 Å². The molecule has 10 heteroatoms. The fraction of sp³-hybridized carbons (Fsp3) is 0.273. The first-order chi connectivity index (χ1) is 10.2. The van der Waals surface area contributed by atoms with Crippen molar-refractivity contribution in [2.45, 2.75) is 19.9 Å². The lowest BCUT2D eigenvalue weighted by Gasteiger charge is -2.03. The molecule has 0 saturated carbocycles. The molecule has 0 N–H and O–H groups in total. The zero-order valence-electron chi connectivity index (χ0n) is 11.1. The van der Waals surface area contributed by atoms with Crippen molar-refractivity contribution in [3.8, 4) is 17.7 Å². The lowest BCUT2D eigenvalue weighted by atomic mass is 10.5. The van der Waals surface area contributed by atoms with Gasteiger partial charge in [-0.2, -0.15) is 29.8 Å². The molecule has 3 aromatic heterocycles. The normalized spacial score (nSPS) is 10.8. The molecule has 0 spiro atoms. The standard InChI is InChI=1S/C11H11ClN8O/c1-2-3-19-5-8(4-14-19)21-11-17-9(12)16-10(18-11)20-7-13-6-15-20/h4-7H,2-3H2,1H3. The average Bonchev–Trinajstić information content (AvgIpc) is 3.10. The molecule has 9 nitrogen and oxygen atoms in total. The third kappa shape index (κ3) is 3.14. The number of aromatic nitrogens is 8. The summed E-state index contributed by atoms with van der Waals surface area (Å²) in [7, 11) is 0. The number of aryl methyl sites for hydroxylation is 1. The van der Waals surface area contributed by atoms with Crippen molar-refractivity contribution in [3.05, 3.63) is 30.3 Å². The summed E-state index contributed by atoms with van der Waals surface area (Å²) in [6, 6.07) is 0.0662. The second-order valence-electron chi connectivity index (χ2n) is 4.07. The first kappa shape index (κ1) is 13.4. The van der Waals surface area contributed by atoms with Gasteiger partial charge < -0.3 is 4.74 Å². The predicted octanol–water partition coefficient (Wildman–Crippen LogP) is 1.50. The molecule has 0 aliphatic rings. The Morgan fingerprint density at radius 1 is 1.24 bits per heavy atom. The smallest absolute Gasteiger partial charge is 0.328 e.